The number of nitrogens with zero attached hydrogens (tertiary/aromatic N) is 1. The summed E-state index contributed by atoms with van der Waals surface area (Å²) in [6.45, 7) is 5.38. The highest BCUT2D eigenvalue weighted by Crippen LogP contribution is 2.23. The number of unbranched alkanes of at least 4 members (excludes halogenated alkanes) is 1. The average molecular weight is 553 g/mol. The predicted octanol–water partition coefficient (Wildman–Crippen LogP) is 6.40. The van der Waals surface area contributed by atoms with E-state index >= 15 is 0 Å². The normalized spacial score (nSPS) is 10.8. The maximum Gasteiger partial charge on any atom is 0.343 e. The molecule has 0 atom stereocenters. The van der Waals surface area contributed by atoms with E-state index in [1.165, 1.54) is 6.21 Å². The van der Waals surface area contributed by atoms with Crippen LogP contribution in [0.25, 0.3) is 0 Å². The summed E-state index contributed by atoms with van der Waals surface area (Å²) in [6, 6.07) is 18.8. The van der Waals surface area contributed by atoms with Gasteiger partial charge in [0, 0.05) is 15.6 Å². The van der Waals surface area contributed by atoms with Crippen LogP contribution >= 0.6 is 15.9 Å². The number of hydrogen-bond donors (Lipinski definition) is 1. The lowest BCUT2D eigenvalue weighted by Gasteiger charge is -2.09. The number of halogens is 1. The molecule has 0 spiro atoms. The molecule has 0 heterocycles. The van der Waals surface area contributed by atoms with Gasteiger partial charge in [0.2, 0.25) is 0 Å². The molecule has 3 aromatic carbocycles. The van der Waals surface area contributed by atoms with Crippen LogP contribution in [0.4, 0.5) is 0 Å². The van der Waals surface area contributed by atoms with Crippen molar-refractivity contribution in [1.29, 1.82) is 0 Å². The molecular weight excluding hydrogens is 524 g/mol. The third-order valence-electron chi connectivity index (χ3n) is 4.99. The van der Waals surface area contributed by atoms with Crippen molar-refractivity contribution < 1.29 is 23.8 Å². The molecule has 0 aromatic heterocycles. The van der Waals surface area contributed by atoms with Crippen molar-refractivity contribution in [2.75, 3.05) is 13.2 Å². The molecule has 8 heteroatoms. The fourth-order valence-electron chi connectivity index (χ4n) is 3.04. The Balaban J connectivity index is 1.62. The number of ether oxygens (including phenoxy) is 3. The zero-order valence-electron chi connectivity index (χ0n) is 20.3. The van der Waals surface area contributed by atoms with Crippen LogP contribution in [-0.4, -0.2) is 31.3 Å². The van der Waals surface area contributed by atoms with Crippen LogP contribution in [0.2, 0.25) is 0 Å². The summed E-state index contributed by atoms with van der Waals surface area (Å²) in [5, 5.41) is 4.04. The molecular formula is C28H29BrN2O5. The molecule has 0 fully saturated rings. The van der Waals surface area contributed by atoms with E-state index in [1.54, 1.807) is 66.7 Å². The summed E-state index contributed by atoms with van der Waals surface area (Å²) in [7, 11) is 0. The van der Waals surface area contributed by atoms with Crippen molar-refractivity contribution in [3.8, 4) is 17.2 Å². The van der Waals surface area contributed by atoms with E-state index in [1.807, 2.05) is 6.92 Å². The maximum atomic E-state index is 12.7. The van der Waals surface area contributed by atoms with Gasteiger partial charge in [-0.2, -0.15) is 5.10 Å². The standard InChI is InChI=1S/C28H29BrN2O5/c1-3-5-17-35-25-11-6-20(7-12-25)27(32)31-30-19-22-18-23(29)10-15-26(22)36-28(33)21-8-13-24(14-9-21)34-16-4-2/h6-15,18-19H,3-5,16-17H2,1-2H3,(H,31,32)/b30-19+. The van der Waals surface area contributed by atoms with E-state index in [0.717, 1.165) is 23.7 Å². The Hall–Kier alpha value is -3.65. The van der Waals surface area contributed by atoms with Crippen LogP contribution in [-0.2, 0) is 0 Å². The number of carbonyl (C=O) groups is 2. The summed E-state index contributed by atoms with van der Waals surface area (Å²) < 4.78 is 17.5. The van der Waals surface area contributed by atoms with Gasteiger partial charge in [-0.05, 0) is 79.6 Å². The molecule has 0 aliphatic carbocycles. The molecule has 7 nitrogen and oxygen atoms in total. The molecule has 1 amide bonds. The summed E-state index contributed by atoms with van der Waals surface area (Å²) in [4.78, 5) is 25.1. The van der Waals surface area contributed by atoms with Crippen molar-refractivity contribution in [1.82, 2.24) is 5.43 Å². The quantitative estimate of drug-likeness (QED) is 0.0923. The average Bonchev–Trinajstić information content (AvgIpc) is 2.89. The maximum absolute atomic E-state index is 12.7. The van der Waals surface area contributed by atoms with Gasteiger partial charge >= 0.3 is 5.97 Å². The minimum atomic E-state index is -0.515. The number of rotatable bonds is 12. The lowest BCUT2D eigenvalue weighted by molar-refractivity contribution is 0.0734. The molecule has 0 unspecified atom stereocenters. The SMILES string of the molecule is CCCCOc1ccc(C(=O)N/N=C/c2cc(Br)ccc2OC(=O)c2ccc(OCCC)cc2)cc1. The van der Waals surface area contributed by atoms with Crippen molar-refractivity contribution in [3.63, 3.8) is 0 Å². The monoisotopic (exact) mass is 552 g/mol. The molecule has 1 N–H and O–H groups in total. The fourth-order valence-corrected chi connectivity index (χ4v) is 3.42. The molecule has 36 heavy (non-hydrogen) atoms. The predicted molar refractivity (Wildman–Crippen MR) is 143 cm³/mol. The first-order valence-corrected chi connectivity index (χ1v) is 12.6. The molecule has 0 aliphatic rings. The minimum Gasteiger partial charge on any atom is -0.494 e. The molecule has 0 aliphatic heterocycles. The molecule has 188 valence electrons. The largest absolute Gasteiger partial charge is 0.494 e. The first-order chi connectivity index (χ1) is 17.5. The van der Waals surface area contributed by atoms with Crippen LogP contribution in [0, 0.1) is 0 Å². The highest BCUT2D eigenvalue weighted by molar-refractivity contribution is 9.10. The Morgan fingerprint density at radius 2 is 1.50 bits per heavy atom. The first kappa shape index (κ1) is 26.9. The van der Waals surface area contributed by atoms with Crippen LogP contribution < -0.4 is 19.6 Å². The summed E-state index contributed by atoms with van der Waals surface area (Å²) >= 11 is 3.41. The van der Waals surface area contributed by atoms with Crippen LogP contribution in [0.15, 0.2) is 76.3 Å². The van der Waals surface area contributed by atoms with Crippen molar-refractivity contribution in [2.45, 2.75) is 33.1 Å². The zero-order chi connectivity index (χ0) is 25.8. The third kappa shape index (κ3) is 8.23. The van der Waals surface area contributed by atoms with Crippen molar-refractivity contribution >= 4 is 34.0 Å². The van der Waals surface area contributed by atoms with Crippen molar-refractivity contribution in [2.24, 2.45) is 5.10 Å². The molecule has 0 saturated heterocycles. The number of benzene rings is 3. The van der Waals surface area contributed by atoms with E-state index in [0.29, 0.717) is 47.2 Å². The number of esters is 1. The summed E-state index contributed by atoms with van der Waals surface area (Å²) in [5.41, 5.74) is 3.84. The van der Waals surface area contributed by atoms with Crippen LogP contribution in [0.1, 0.15) is 59.4 Å². The van der Waals surface area contributed by atoms with Crippen LogP contribution in [0.5, 0.6) is 17.2 Å². The van der Waals surface area contributed by atoms with Gasteiger partial charge in [0.05, 0.1) is 25.0 Å². The molecule has 3 rings (SSSR count). The minimum absolute atomic E-state index is 0.307. The first-order valence-electron chi connectivity index (χ1n) is 11.8. The Bertz CT molecular complexity index is 1180. The Labute approximate surface area is 219 Å². The second kappa shape index (κ2) is 14.0. The van der Waals surface area contributed by atoms with E-state index in [9.17, 15) is 9.59 Å². The smallest absolute Gasteiger partial charge is 0.343 e. The van der Waals surface area contributed by atoms with E-state index in [4.69, 9.17) is 14.2 Å². The second-order valence-corrected chi connectivity index (χ2v) is 8.79. The third-order valence-corrected chi connectivity index (χ3v) is 5.48. The van der Waals surface area contributed by atoms with Gasteiger partial charge in [-0.25, -0.2) is 10.2 Å². The topological polar surface area (TPSA) is 86.2 Å². The number of amides is 1. The molecule has 0 radical (unpaired) electrons. The molecule has 0 bridgehead atoms. The van der Waals surface area contributed by atoms with E-state index < -0.39 is 5.97 Å². The fraction of sp³-hybridized carbons (Fsp3) is 0.250. The molecule has 0 saturated carbocycles. The Kier molecular flexibility index (Phi) is 10.5. The highest BCUT2D eigenvalue weighted by Gasteiger charge is 2.12. The lowest BCUT2D eigenvalue weighted by atomic mass is 10.2. The second-order valence-electron chi connectivity index (χ2n) is 7.87. The number of nitrogens with one attached hydrogen (secondary N) is 1. The van der Waals surface area contributed by atoms with Gasteiger partial charge < -0.3 is 14.2 Å². The van der Waals surface area contributed by atoms with Gasteiger partial charge in [0.15, 0.2) is 0 Å². The lowest BCUT2D eigenvalue weighted by Crippen LogP contribution is -2.17. The summed E-state index contributed by atoms with van der Waals surface area (Å²) in [6.07, 6.45) is 4.36. The van der Waals surface area contributed by atoms with Gasteiger partial charge in [-0.3, -0.25) is 4.79 Å². The Morgan fingerprint density at radius 3 is 2.14 bits per heavy atom. The van der Waals surface area contributed by atoms with E-state index in [2.05, 4.69) is 33.4 Å². The number of carbonyl (C=O) groups excluding carboxylic acids is 2. The summed E-state index contributed by atoms with van der Waals surface area (Å²) in [5.74, 6) is 0.831. The molecule has 3 aromatic rings. The van der Waals surface area contributed by atoms with Gasteiger partial charge in [0.25, 0.3) is 5.91 Å². The number of hydrazone groups is 1. The Morgan fingerprint density at radius 1 is 0.861 bits per heavy atom. The van der Waals surface area contributed by atoms with Gasteiger partial charge in [0.1, 0.15) is 17.2 Å². The number of hydrogen-bond acceptors (Lipinski definition) is 6. The van der Waals surface area contributed by atoms with Crippen LogP contribution in [0.3, 0.4) is 0 Å². The van der Waals surface area contributed by atoms with Gasteiger partial charge in [-0.1, -0.05) is 36.2 Å². The highest BCUT2D eigenvalue weighted by atomic mass is 79.9. The van der Waals surface area contributed by atoms with E-state index in [-0.39, 0.29) is 5.91 Å². The zero-order valence-corrected chi connectivity index (χ0v) is 21.9. The van der Waals surface area contributed by atoms with Crippen molar-refractivity contribution in [3.05, 3.63) is 87.9 Å². The van der Waals surface area contributed by atoms with Gasteiger partial charge in [-0.15, -0.1) is 0 Å².